The van der Waals surface area contributed by atoms with Gasteiger partial charge in [0.15, 0.2) is 5.82 Å². The highest BCUT2D eigenvalue weighted by Gasteiger charge is 2.28. The molecule has 0 unspecified atom stereocenters. The molecule has 122 valence electrons. The van der Waals surface area contributed by atoms with Crippen molar-refractivity contribution in [2.24, 2.45) is 7.05 Å². The number of nitrogens with zero attached hydrogens (tertiary/aromatic N) is 4. The fourth-order valence-corrected chi connectivity index (χ4v) is 2.72. The molecule has 0 spiro atoms. The smallest absolute Gasteiger partial charge is 0.255 e. The van der Waals surface area contributed by atoms with Gasteiger partial charge in [-0.1, -0.05) is 0 Å². The second-order valence-electron chi connectivity index (χ2n) is 5.70. The molecule has 0 aromatic carbocycles. The molecule has 1 saturated heterocycles. The Bertz CT molecular complexity index is 777. The van der Waals surface area contributed by atoms with Crippen LogP contribution in [-0.4, -0.2) is 39.8 Å². The van der Waals surface area contributed by atoms with Gasteiger partial charge >= 0.3 is 0 Å². The van der Waals surface area contributed by atoms with Crippen LogP contribution in [-0.2, 0) is 11.8 Å². The molecule has 6 nitrogen and oxygen atoms in total. The summed E-state index contributed by atoms with van der Waals surface area (Å²) in [4.78, 5) is 22.6. The van der Waals surface area contributed by atoms with Gasteiger partial charge in [-0.05, 0) is 19.9 Å². The minimum Gasteiger partial charge on any atom is -0.375 e. The van der Waals surface area contributed by atoms with Crippen LogP contribution in [0.25, 0.3) is 11.3 Å². The molecule has 0 aliphatic carbocycles. The minimum absolute atomic E-state index is 0.0296. The topological polar surface area (TPSA) is 60.2 Å². The van der Waals surface area contributed by atoms with Crippen molar-refractivity contribution >= 4 is 5.95 Å². The Labute approximate surface area is 133 Å². The summed E-state index contributed by atoms with van der Waals surface area (Å²) < 4.78 is 21.1. The Hall–Kier alpha value is -2.28. The molecule has 7 heteroatoms. The average Bonchev–Trinajstić information content (AvgIpc) is 2.53. The summed E-state index contributed by atoms with van der Waals surface area (Å²) in [6.45, 7) is 5.21. The van der Waals surface area contributed by atoms with E-state index >= 15 is 0 Å². The Morgan fingerprint density at radius 3 is 2.91 bits per heavy atom. The van der Waals surface area contributed by atoms with Crippen LogP contribution in [0.1, 0.15) is 13.8 Å². The lowest BCUT2D eigenvalue weighted by Gasteiger charge is -2.39. The van der Waals surface area contributed by atoms with Crippen molar-refractivity contribution in [3.8, 4) is 11.3 Å². The maximum atomic E-state index is 14.0. The molecule has 0 saturated carbocycles. The van der Waals surface area contributed by atoms with Crippen molar-refractivity contribution in [3.63, 3.8) is 0 Å². The molecule has 0 radical (unpaired) electrons. The molecule has 1 aliphatic heterocycles. The second kappa shape index (κ2) is 6.08. The van der Waals surface area contributed by atoms with Crippen molar-refractivity contribution in [3.05, 3.63) is 40.7 Å². The summed E-state index contributed by atoms with van der Waals surface area (Å²) in [5.41, 5.74) is 0.356. The van der Waals surface area contributed by atoms with Crippen LogP contribution >= 0.6 is 0 Å². The van der Waals surface area contributed by atoms with E-state index in [0.717, 1.165) is 6.20 Å². The second-order valence-corrected chi connectivity index (χ2v) is 5.70. The fourth-order valence-electron chi connectivity index (χ4n) is 2.72. The first-order chi connectivity index (χ1) is 11.0. The molecule has 2 aromatic heterocycles. The molecule has 2 aromatic rings. The molecule has 1 aliphatic rings. The minimum atomic E-state index is -0.498. The number of anilines is 1. The van der Waals surface area contributed by atoms with Crippen LogP contribution in [0.3, 0.4) is 0 Å². The van der Waals surface area contributed by atoms with Gasteiger partial charge < -0.3 is 9.64 Å². The lowest BCUT2D eigenvalue weighted by molar-refractivity contribution is 0.0274. The number of morpholine rings is 1. The number of pyridine rings is 1. The molecule has 3 rings (SSSR count). The SMILES string of the molecule is C[C@@H]1OCCN(c2nc(-c3ccncc3F)cc(=O)n2C)[C@H]1C. The molecule has 0 amide bonds. The first kappa shape index (κ1) is 15.6. The Morgan fingerprint density at radius 2 is 2.17 bits per heavy atom. The van der Waals surface area contributed by atoms with E-state index in [1.807, 2.05) is 18.7 Å². The third-order valence-corrected chi connectivity index (χ3v) is 4.30. The highest BCUT2D eigenvalue weighted by molar-refractivity contribution is 5.60. The maximum Gasteiger partial charge on any atom is 0.255 e. The Balaban J connectivity index is 2.11. The van der Waals surface area contributed by atoms with Gasteiger partial charge in [-0.3, -0.25) is 14.3 Å². The van der Waals surface area contributed by atoms with E-state index in [1.165, 1.54) is 22.9 Å². The normalized spacial score (nSPS) is 21.5. The van der Waals surface area contributed by atoms with Crippen molar-refractivity contribution in [1.29, 1.82) is 0 Å². The molecule has 0 N–H and O–H groups in total. The highest BCUT2D eigenvalue weighted by atomic mass is 19.1. The third kappa shape index (κ3) is 2.84. The van der Waals surface area contributed by atoms with E-state index in [4.69, 9.17) is 4.74 Å². The van der Waals surface area contributed by atoms with Gasteiger partial charge in [-0.2, -0.15) is 0 Å². The summed E-state index contributed by atoms with van der Waals surface area (Å²) in [5.74, 6) is 0.0222. The molecule has 1 fully saturated rings. The zero-order chi connectivity index (χ0) is 16.6. The third-order valence-electron chi connectivity index (χ3n) is 4.30. The van der Waals surface area contributed by atoms with Crippen molar-refractivity contribution in [2.75, 3.05) is 18.1 Å². The van der Waals surface area contributed by atoms with Crippen molar-refractivity contribution in [1.82, 2.24) is 14.5 Å². The molecular weight excluding hydrogens is 299 g/mol. The van der Waals surface area contributed by atoms with Crippen LogP contribution < -0.4 is 10.5 Å². The summed E-state index contributed by atoms with van der Waals surface area (Å²) in [6, 6.07) is 2.93. The average molecular weight is 318 g/mol. The number of hydrogen-bond donors (Lipinski definition) is 0. The molecule has 0 bridgehead atoms. The summed E-state index contributed by atoms with van der Waals surface area (Å²) in [5, 5.41) is 0. The van der Waals surface area contributed by atoms with E-state index in [9.17, 15) is 9.18 Å². The van der Waals surface area contributed by atoms with Crippen LogP contribution in [0, 0.1) is 5.82 Å². The number of halogens is 1. The quantitative estimate of drug-likeness (QED) is 0.842. The monoisotopic (exact) mass is 318 g/mol. The zero-order valence-corrected chi connectivity index (χ0v) is 13.4. The highest BCUT2D eigenvalue weighted by Crippen LogP contribution is 2.24. The Kier molecular flexibility index (Phi) is 4.12. The van der Waals surface area contributed by atoms with Crippen LogP contribution in [0.15, 0.2) is 29.3 Å². The predicted octanol–water partition coefficient (Wildman–Crippen LogP) is 1.59. The first-order valence-electron chi connectivity index (χ1n) is 7.55. The van der Waals surface area contributed by atoms with Gasteiger partial charge in [0.1, 0.15) is 0 Å². The number of ether oxygens (including phenoxy) is 1. The molecule has 23 heavy (non-hydrogen) atoms. The lowest BCUT2D eigenvalue weighted by atomic mass is 10.1. The Morgan fingerprint density at radius 1 is 1.39 bits per heavy atom. The van der Waals surface area contributed by atoms with Crippen LogP contribution in [0.5, 0.6) is 0 Å². The summed E-state index contributed by atoms with van der Waals surface area (Å²) in [7, 11) is 1.67. The van der Waals surface area contributed by atoms with E-state index in [0.29, 0.717) is 24.8 Å². The number of aromatic nitrogens is 3. The fraction of sp³-hybridized carbons (Fsp3) is 0.438. The summed E-state index contributed by atoms with van der Waals surface area (Å²) >= 11 is 0. The standard InChI is InChI=1S/C16H19FN4O2/c1-10-11(2)23-7-6-21(10)16-19-14(8-15(22)20(16)3)12-4-5-18-9-13(12)17/h4-5,8-11H,6-7H2,1-3H3/t10-,11-/m0/s1. The van der Waals surface area contributed by atoms with Gasteiger partial charge in [0.25, 0.3) is 5.56 Å². The van der Waals surface area contributed by atoms with E-state index in [2.05, 4.69) is 9.97 Å². The number of rotatable bonds is 2. The molecule has 3 heterocycles. The number of hydrogen-bond acceptors (Lipinski definition) is 5. The van der Waals surface area contributed by atoms with E-state index in [1.54, 1.807) is 7.05 Å². The first-order valence-corrected chi connectivity index (χ1v) is 7.55. The van der Waals surface area contributed by atoms with Crippen LogP contribution in [0.2, 0.25) is 0 Å². The van der Waals surface area contributed by atoms with E-state index in [-0.39, 0.29) is 23.3 Å². The molecule has 2 atom stereocenters. The van der Waals surface area contributed by atoms with Gasteiger partial charge in [-0.15, -0.1) is 0 Å². The van der Waals surface area contributed by atoms with Gasteiger partial charge in [0, 0.05) is 31.4 Å². The largest absolute Gasteiger partial charge is 0.375 e. The predicted molar refractivity (Wildman–Crippen MR) is 84.9 cm³/mol. The van der Waals surface area contributed by atoms with Crippen LogP contribution in [0.4, 0.5) is 10.3 Å². The van der Waals surface area contributed by atoms with Gasteiger partial charge in [0.05, 0.1) is 30.6 Å². The lowest BCUT2D eigenvalue weighted by Crippen LogP contribution is -2.50. The van der Waals surface area contributed by atoms with Gasteiger partial charge in [0.2, 0.25) is 5.95 Å². The van der Waals surface area contributed by atoms with E-state index < -0.39 is 5.82 Å². The summed E-state index contributed by atoms with van der Waals surface area (Å²) in [6.07, 6.45) is 2.63. The maximum absolute atomic E-state index is 14.0. The molecular formula is C16H19FN4O2. The zero-order valence-electron chi connectivity index (χ0n) is 13.4. The van der Waals surface area contributed by atoms with Crippen molar-refractivity contribution < 1.29 is 9.13 Å². The van der Waals surface area contributed by atoms with Gasteiger partial charge in [-0.25, -0.2) is 9.37 Å². The van der Waals surface area contributed by atoms with Crippen molar-refractivity contribution in [2.45, 2.75) is 26.0 Å².